The molecule has 0 spiro atoms. The van der Waals surface area contributed by atoms with Crippen molar-refractivity contribution < 1.29 is 14.3 Å². The van der Waals surface area contributed by atoms with Crippen molar-refractivity contribution in [2.75, 3.05) is 49.5 Å². The molecule has 40 heavy (non-hydrogen) atoms. The number of rotatable bonds is 9. The number of nitrogens with zero attached hydrogens (tertiary/aromatic N) is 4. The second-order valence-electron chi connectivity index (χ2n) is 11.1. The standard InChI is InChI=1S/C30H37N5O3S2/c1-30(2)27(37)35(24-12-13-25-22(20-24)21-38-26(25)36)29(40)34(30)15-9-4-3-8-14-32-16-18-33(19-17-32)28(39)31-23-10-6-5-7-11-23/h5-7,10-13,20H,3-4,8-9,14-19,21H2,1-2H3,(H,31,39). The lowest BCUT2D eigenvalue weighted by atomic mass is 10.0. The van der Waals surface area contributed by atoms with Crippen LogP contribution in [0.15, 0.2) is 48.5 Å². The Morgan fingerprint density at radius 1 is 0.950 bits per heavy atom. The van der Waals surface area contributed by atoms with Gasteiger partial charge in [0, 0.05) is 44.0 Å². The first-order chi connectivity index (χ1) is 19.3. The second-order valence-corrected chi connectivity index (χ2v) is 11.8. The number of para-hydroxylation sites is 1. The molecule has 8 nitrogen and oxygen atoms in total. The number of hydrogen-bond acceptors (Lipinski definition) is 6. The van der Waals surface area contributed by atoms with Gasteiger partial charge in [0.05, 0.1) is 11.3 Å². The Hall–Kier alpha value is -3.08. The molecule has 2 saturated heterocycles. The van der Waals surface area contributed by atoms with Crippen molar-refractivity contribution in [1.29, 1.82) is 0 Å². The third kappa shape index (κ3) is 5.99. The summed E-state index contributed by atoms with van der Waals surface area (Å²) in [5, 5.41) is 4.66. The van der Waals surface area contributed by atoms with E-state index in [1.165, 1.54) is 0 Å². The maximum atomic E-state index is 13.4. The van der Waals surface area contributed by atoms with Crippen LogP contribution >= 0.6 is 24.4 Å². The highest BCUT2D eigenvalue weighted by atomic mass is 32.1. The van der Waals surface area contributed by atoms with Gasteiger partial charge in [-0.05, 0) is 88.0 Å². The minimum absolute atomic E-state index is 0.0414. The molecule has 0 aliphatic carbocycles. The number of benzene rings is 2. The highest BCUT2D eigenvalue weighted by Crippen LogP contribution is 2.34. The first kappa shape index (κ1) is 28.4. The van der Waals surface area contributed by atoms with Gasteiger partial charge in [-0.25, -0.2) is 4.79 Å². The predicted molar refractivity (Wildman–Crippen MR) is 166 cm³/mol. The SMILES string of the molecule is CC1(C)C(=O)N(c2ccc3c(c2)COC3=O)C(=S)N1CCCCCCN1CCN(C(=S)Nc2ccccc2)CC1. The van der Waals surface area contributed by atoms with E-state index in [1.807, 2.05) is 55.1 Å². The zero-order valence-corrected chi connectivity index (χ0v) is 24.9. The van der Waals surface area contributed by atoms with E-state index in [0.717, 1.165) is 81.3 Å². The number of cyclic esters (lactones) is 1. The number of ether oxygens (including phenoxy) is 1. The van der Waals surface area contributed by atoms with Crippen LogP contribution in [0.1, 0.15) is 55.5 Å². The highest BCUT2D eigenvalue weighted by Gasteiger charge is 2.49. The van der Waals surface area contributed by atoms with E-state index >= 15 is 0 Å². The molecule has 3 aliphatic heterocycles. The molecule has 0 radical (unpaired) electrons. The molecule has 1 amide bonds. The van der Waals surface area contributed by atoms with E-state index < -0.39 is 5.54 Å². The Balaban J connectivity index is 1.02. The summed E-state index contributed by atoms with van der Waals surface area (Å²) in [6, 6.07) is 15.4. The van der Waals surface area contributed by atoms with E-state index in [1.54, 1.807) is 17.0 Å². The van der Waals surface area contributed by atoms with Crippen LogP contribution in [0.3, 0.4) is 0 Å². The van der Waals surface area contributed by atoms with Crippen molar-refractivity contribution >= 4 is 57.9 Å². The lowest BCUT2D eigenvalue weighted by molar-refractivity contribution is -0.123. The molecule has 0 saturated carbocycles. The first-order valence-electron chi connectivity index (χ1n) is 14.1. The highest BCUT2D eigenvalue weighted by molar-refractivity contribution is 7.80. The number of fused-ring (bicyclic) bond motifs is 1. The maximum absolute atomic E-state index is 13.4. The molecular formula is C30H37N5O3S2. The lowest BCUT2D eigenvalue weighted by Crippen LogP contribution is -2.50. The minimum atomic E-state index is -0.710. The van der Waals surface area contributed by atoms with Gasteiger partial charge in [0.25, 0.3) is 5.91 Å². The van der Waals surface area contributed by atoms with Crippen molar-refractivity contribution in [3.63, 3.8) is 0 Å². The van der Waals surface area contributed by atoms with Crippen molar-refractivity contribution in [2.45, 2.75) is 51.7 Å². The Labute approximate surface area is 247 Å². The number of carbonyl (C=O) groups is 2. The van der Waals surface area contributed by atoms with E-state index in [0.29, 0.717) is 16.4 Å². The monoisotopic (exact) mass is 579 g/mol. The van der Waals surface area contributed by atoms with Crippen LogP contribution in [-0.2, 0) is 16.1 Å². The van der Waals surface area contributed by atoms with Gasteiger partial charge in [0.2, 0.25) is 0 Å². The maximum Gasteiger partial charge on any atom is 0.338 e. The van der Waals surface area contributed by atoms with Crippen LogP contribution in [0.25, 0.3) is 0 Å². The smallest absolute Gasteiger partial charge is 0.338 e. The van der Waals surface area contributed by atoms with Gasteiger partial charge in [-0.3, -0.25) is 14.6 Å². The second kappa shape index (κ2) is 12.2. The Morgan fingerprint density at radius 3 is 2.38 bits per heavy atom. The predicted octanol–water partition coefficient (Wildman–Crippen LogP) is 4.64. The molecule has 212 valence electrons. The van der Waals surface area contributed by atoms with Crippen molar-refractivity contribution in [1.82, 2.24) is 14.7 Å². The largest absolute Gasteiger partial charge is 0.457 e. The van der Waals surface area contributed by atoms with Gasteiger partial charge >= 0.3 is 5.97 Å². The summed E-state index contributed by atoms with van der Waals surface area (Å²) in [4.78, 5) is 33.6. The van der Waals surface area contributed by atoms with Crippen LogP contribution in [0, 0.1) is 0 Å². The lowest BCUT2D eigenvalue weighted by Gasteiger charge is -2.36. The third-order valence-electron chi connectivity index (χ3n) is 8.04. The molecule has 0 atom stereocenters. The number of carbonyl (C=O) groups excluding carboxylic acids is 2. The van der Waals surface area contributed by atoms with E-state index in [4.69, 9.17) is 29.2 Å². The van der Waals surface area contributed by atoms with E-state index in [-0.39, 0.29) is 18.5 Å². The summed E-state index contributed by atoms with van der Waals surface area (Å²) in [5.74, 6) is -0.360. The summed E-state index contributed by atoms with van der Waals surface area (Å²) >= 11 is 11.4. The number of hydrogen-bond donors (Lipinski definition) is 1. The van der Waals surface area contributed by atoms with Gasteiger partial charge in [0.15, 0.2) is 10.2 Å². The van der Waals surface area contributed by atoms with Crippen LogP contribution < -0.4 is 10.2 Å². The molecule has 2 aromatic carbocycles. The average molecular weight is 580 g/mol. The number of anilines is 2. The molecule has 0 unspecified atom stereocenters. The molecule has 10 heteroatoms. The molecule has 5 rings (SSSR count). The first-order valence-corrected chi connectivity index (χ1v) is 14.9. The summed E-state index contributed by atoms with van der Waals surface area (Å²) in [6.45, 7) is 9.86. The fraction of sp³-hybridized carbons (Fsp3) is 0.467. The van der Waals surface area contributed by atoms with Crippen LogP contribution in [0.2, 0.25) is 0 Å². The quantitative estimate of drug-likeness (QED) is 0.260. The van der Waals surface area contributed by atoms with Gasteiger partial charge in [0.1, 0.15) is 12.1 Å². The molecule has 2 aromatic rings. The van der Waals surface area contributed by atoms with Crippen LogP contribution in [-0.4, -0.2) is 81.6 Å². The minimum Gasteiger partial charge on any atom is -0.457 e. The summed E-state index contributed by atoms with van der Waals surface area (Å²) in [6.07, 6.45) is 4.37. The van der Waals surface area contributed by atoms with Gasteiger partial charge in [-0.15, -0.1) is 0 Å². The molecule has 2 fully saturated rings. The molecule has 0 aromatic heterocycles. The van der Waals surface area contributed by atoms with Crippen molar-refractivity contribution in [3.8, 4) is 0 Å². The topological polar surface area (TPSA) is 68.4 Å². The zero-order chi connectivity index (χ0) is 28.3. The zero-order valence-electron chi connectivity index (χ0n) is 23.2. The fourth-order valence-electron chi connectivity index (χ4n) is 5.55. The molecule has 1 N–H and O–H groups in total. The Bertz CT molecular complexity index is 1280. The number of thiocarbonyl (C=S) groups is 2. The summed E-state index contributed by atoms with van der Waals surface area (Å²) < 4.78 is 5.12. The van der Waals surface area contributed by atoms with Crippen LogP contribution in [0.5, 0.6) is 0 Å². The van der Waals surface area contributed by atoms with Crippen molar-refractivity contribution in [3.05, 3.63) is 59.7 Å². The number of piperazine rings is 1. The molecule has 3 heterocycles. The number of nitrogens with one attached hydrogen (secondary N) is 1. The van der Waals surface area contributed by atoms with E-state index in [2.05, 4.69) is 15.1 Å². The number of esters is 1. The average Bonchev–Trinajstić information content (AvgIpc) is 3.40. The van der Waals surface area contributed by atoms with Crippen LogP contribution in [0.4, 0.5) is 11.4 Å². The van der Waals surface area contributed by atoms with Gasteiger partial charge in [-0.2, -0.15) is 0 Å². The Kier molecular flexibility index (Phi) is 8.68. The normalized spacial score (nSPS) is 18.8. The number of unbranched alkanes of at least 4 members (excludes halogenated alkanes) is 3. The molecule has 3 aliphatic rings. The van der Waals surface area contributed by atoms with E-state index in [9.17, 15) is 9.59 Å². The Morgan fingerprint density at radius 2 is 1.65 bits per heavy atom. The van der Waals surface area contributed by atoms with Crippen molar-refractivity contribution in [2.24, 2.45) is 0 Å². The number of amides is 1. The summed E-state index contributed by atoms with van der Waals surface area (Å²) in [5.41, 5.74) is 2.36. The van der Waals surface area contributed by atoms with Gasteiger partial charge < -0.3 is 19.9 Å². The summed E-state index contributed by atoms with van der Waals surface area (Å²) in [7, 11) is 0. The fourth-order valence-corrected chi connectivity index (χ4v) is 6.36. The van der Waals surface area contributed by atoms with Gasteiger partial charge in [-0.1, -0.05) is 31.0 Å². The molecular weight excluding hydrogens is 542 g/mol. The third-order valence-corrected chi connectivity index (χ3v) is 8.80. The molecule has 0 bridgehead atoms.